The number of halogens is 1. The average molecular weight is 454 g/mol. The molecule has 0 amide bonds. The lowest BCUT2D eigenvalue weighted by atomic mass is 9.73. The summed E-state index contributed by atoms with van der Waals surface area (Å²) in [5, 5.41) is 9.77. The minimum absolute atomic E-state index is 0.0978. The van der Waals surface area contributed by atoms with E-state index < -0.39 is 0 Å². The van der Waals surface area contributed by atoms with Crippen LogP contribution in [0.5, 0.6) is 0 Å². The van der Waals surface area contributed by atoms with Crippen LogP contribution < -0.4 is 16.4 Å². The van der Waals surface area contributed by atoms with Crippen molar-refractivity contribution in [2.24, 2.45) is 11.1 Å². The van der Waals surface area contributed by atoms with Crippen LogP contribution in [0.2, 0.25) is 5.02 Å². The summed E-state index contributed by atoms with van der Waals surface area (Å²) < 4.78 is 0. The summed E-state index contributed by atoms with van der Waals surface area (Å²) in [5.74, 6) is 0.952. The van der Waals surface area contributed by atoms with Crippen LogP contribution in [0, 0.1) is 12.3 Å². The molecular weight excluding hydrogens is 430 g/mol. The first-order valence-electron chi connectivity index (χ1n) is 10.3. The number of fused-ring (bicyclic) bond motifs is 1. The average Bonchev–Trinajstić information content (AvgIpc) is 3.03. The van der Waals surface area contributed by atoms with Gasteiger partial charge in [-0.05, 0) is 48.8 Å². The number of aromatic nitrogens is 4. The molecule has 3 aromatic rings. The molecule has 4 N–H and O–H groups in total. The highest BCUT2D eigenvalue weighted by molar-refractivity contribution is 7.99. The molecule has 3 heterocycles. The Bertz CT molecular complexity index is 1110. The van der Waals surface area contributed by atoms with Crippen LogP contribution in [0.15, 0.2) is 46.6 Å². The molecule has 1 atom stereocenters. The lowest BCUT2D eigenvalue weighted by Crippen LogP contribution is -2.45. The summed E-state index contributed by atoms with van der Waals surface area (Å²) in [5.41, 5.74) is 16.6. The van der Waals surface area contributed by atoms with Gasteiger partial charge in [-0.1, -0.05) is 47.1 Å². The molecule has 1 saturated heterocycles. The highest BCUT2D eigenvalue weighted by atomic mass is 35.5. The van der Waals surface area contributed by atoms with E-state index in [-0.39, 0.29) is 11.5 Å². The molecule has 1 fully saturated rings. The van der Waals surface area contributed by atoms with E-state index in [4.69, 9.17) is 23.1 Å². The molecule has 7 nitrogen and oxygen atoms in total. The van der Waals surface area contributed by atoms with E-state index in [2.05, 4.69) is 50.2 Å². The first-order chi connectivity index (χ1) is 14.9. The van der Waals surface area contributed by atoms with E-state index in [9.17, 15) is 0 Å². The Morgan fingerprint density at radius 2 is 1.97 bits per heavy atom. The molecule has 5 rings (SSSR count). The molecule has 2 aliphatic rings. The van der Waals surface area contributed by atoms with E-state index in [1.165, 1.54) is 28.5 Å². The minimum atomic E-state index is 0.0978. The normalized spacial score (nSPS) is 19.6. The van der Waals surface area contributed by atoms with Gasteiger partial charge in [-0.15, -0.1) is 10.2 Å². The van der Waals surface area contributed by atoms with Gasteiger partial charge in [0.05, 0.1) is 11.2 Å². The number of piperidine rings is 1. The quantitative estimate of drug-likeness (QED) is 0.616. The minimum Gasteiger partial charge on any atom is -0.382 e. The van der Waals surface area contributed by atoms with Gasteiger partial charge in [0.15, 0.2) is 0 Å². The number of aryl methyl sites for hydroxylation is 1. The Kier molecular flexibility index (Phi) is 5.24. The van der Waals surface area contributed by atoms with E-state index in [1.54, 1.807) is 18.5 Å². The van der Waals surface area contributed by atoms with Crippen molar-refractivity contribution in [2.45, 2.75) is 42.1 Å². The maximum atomic E-state index is 6.72. The number of anilines is 2. The zero-order valence-electron chi connectivity index (χ0n) is 17.3. The highest BCUT2D eigenvalue weighted by Gasteiger charge is 2.46. The highest BCUT2D eigenvalue weighted by Crippen LogP contribution is 2.51. The van der Waals surface area contributed by atoms with Crippen LogP contribution in [-0.2, 0) is 6.42 Å². The van der Waals surface area contributed by atoms with Crippen molar-refractivity contribution >= 4 is 35.1 Å². The number of nitrogens with two attached hydrogens (primary N) is 2. The number of nitrogen functional groups attached to an aromatic ring is 1. The molecule has 9 heteroatoms. The van der Waals surface area contributed by atoms with Crippen LogP contribution in [-0.4, -0.2) is 33.3 Å². The van der Waals surface area contributed by atoms with Gasteiger partial charge in [-0.25, -0.2) is 9.97 Å². The Balaban J connectivity index is 1.26. The van der Waals surface area contributed by atoms with E-state index >= 15 is 0 Å². The molecule has 2 aromatic heterocycles. The first kappa shape index (κ1) is 20.5. The van der Waals surface area contributed by atoms with Gasteiger partial charge in [0.1, 0.15) is 10.8 Å². The van der Waals surface area contributed by atoms with Gasteiger partial charge in [0.25, 0.3) is 0 Å². The van der Waals surface area contributed by atoms with E-state index in [1.807, 2.05) is 0 Å². The summed E-state index contributed by atoms with van der Waals surface area (Å²) in [6.45, 7) is 3.90. The molecule has 1 spiro atoms. The van der Waals surface area contributed by atoms with E-state index in [0.29, 0.717) is 21.8 Å². The molecule has 0 unspecified atom stereocenters. The van der Waals surface area contributed by atoms with Crippen molar-refractivity contribution in [2.75, 3.05) is 23.7 Å². The Morgan fingerprint density at radius 1 is 1.16 bits per heavy atom. The van der Waals surface area contributed by atoms with Crippen LogP contribution >= 0.6 is 23.4 Å². The fourth-order valence-corrected chi connectivity index (χ4v) is 5.70. The summed E-state index contributed by atoms with van der Waals surface area (Å²) in [4.78, 5) is 11.5. The fourth-order valence-electron chi connectivity index (χ4n) is 4.73. The molecule has 0 saturated carbocycles. The standard InChI is InChI=1S/C22H24ClN7S/c1-13-2-3-15-14(10-13)11-22(19(15)24)5-8-30(9-6-22)21-27-12-17(28-29-21)31-16-4-7-26-20(25)18(16)23/h2-4,7,10,12,19H,5-6,8-9,11,24H2,1H3,(H2,25,26)/t19-/m1/s1. The number of pyridine rings is 1. The summed E-state index contributed by atoms with van der Waals surface area (Å²) in [6.07, 6.45) is 6.45. The van der Waals surface area contributed by atoms with Crippen LogP contribution in [0.4, 0.5) is 11.8 Å². The Hall–Kier alpha value is -2.42. The van der Waals surface area contributed by atoms with Crippen molar-refractivity contribution in [1.82, 2.24) is 20.2 Å². The predicted molar refractivity (Wildman–Crippen MR) is 123 cm³/mol. The van der Waals surface area contributed by atoms with Crippen LogP contribution in [0.1, 0.15) is 35.6 Å². The number of hydrogen-bond acceptors (Lipinski definition) is 8. The number of benzene rings is 1. The fraction of sp³-hybridized carbons (Fsp3) is 0.364. The smallest absolute Gasteiger partial charge is 0.245 e. The van der Waals surface area contributed by atoms with Crippen molar-refractivity contribution in [3.63, 3.8) is 0 Å². The summed E-state index contributed by atoms with van der Waals surface area (Å²) in [6, 6.07) is 8.57. The third-order valence-electron chi connectivity index (χ3n) is 6.50. The maximum Gasteiger partial charge on any atom is 0.245 e. The van der Waals surface area contributed by atoms with Gasteiger partial charge in [-0.3, -0.25) is 0 Å². The Morgan fingerprint density at radius 3 is 2.71 bits per heavy atom. The topological polar surface area (TPSA) is 107 Å². The largest absolute Gasteiger partial charge is 0.382 e. The second kappa shape index (κ2) is 7.93. The zero-order chi connectivity index (χ0) is 21.6. The van der Waals surface area contributed by atoms with Crippen LogP contribution in [0.25, 0.3) is 0 Å². The second-order valence-electron chi connectivity index (χ2n) is 8.41. The molecule has 1 aliphatic carbocycles. The maximum absolute atomic E-state index is 6.72. The predicted octanol–water partition coefficient (Wildman–Crippen LogP) is 3.80. The monoisotopic (exact) mass is 453 g/mol. The van der Waals surface area contributed by atoms with Gasteiger partial charge < -0.3 is 16.4 Å². The number of nitrogens with zero attached hydrogens (tertiary/aromatic N) is 5. The molecular formula is C22H24ClN7S. The third-order valence-corrected chi connectivity index (χ3v) is 7.97. The van der Waals surface area contributed by atoms with Crippen molar-refractivity contribution in [3.05, 3.63) is 58.4 Å². The third kappa shape index (κ3) is 3.73. The van der Waals surface area contributed by atoms with Gasteiger partial charge in [-0.2, -0.15) is 0 Å². The van der Waals surface area contributed by atoms with E-state index in [0.717, 1.165) is 37.2 Å². The SMILES string of the molecule is Cc1ccc2c(c1)CC1(CCN(c3ncc(Sc4ccnc(N)c4Cl)nn3)CC1)[C@@H]2N. The first-order valence-corrected chi connectivity index (χ1v) is 11.5. The Labute approximate surface area is 190 Å². The van der Waals surface area contributed by atoms with Gasteiger partial charge >= 0.3 is 0 Å². The molecule has 0 bridgehead atoms. The molecule has 1 aromatic carbocycles. The van der Waals surface area contributed by atoms with Crippen LogP contribution in [0.3, 0.4) is 0 Å². The molecule has 0 radical (unpaired) electrons. The number of rotatable bonds is 3. The summed E-state index contributed by atoms with van der Waals surface area (Å²) >= 11 is 7.58. The van der Waals surface area contributed by atoms with Gasteiger partial charge in [0.2, 0.25) is 5.95 Å². The lowest BCUT2D eigenvalue weighted by Gasteiger charge is -2.42. The molecule has 31 heavy (non-hydrogen) atoms. The lowest BCUT2D eigenvalue weighted by molar-refractivity contribution is 0.186. The molecule has 160 valence electrons. The van der Waals surface area contributed by atoms with Crippen molar-refractivity contribution in [3.8, 4) is 0 Å². The summed E-state index contributed by atoms with van der Waals surface area (Å²) in [7, 11) is 0. The zero-order valence-corrected chi connectivity index (χ0v) is 18.8. The van der Waals surface area contributed by atoms with Gasteiger partial charge in [0, 0.05) is 30.2 Å². The number of hydrogen-bond donors (Lipinski definition) is 2. The van der Waals surface area contributed by atoms with Crippen molar-refractivity contribution < 1.29 is 0 Å². The second-order valence-corrected chi connectivity index (χ2v) is 9.85. The van der Waals surface area contributed by atoms with Crippen molar-refractivity contribution in [1.29, 1.82) is 0 Å². The molecule has 1 aliphatic heterocycles.